The van der Waals surface area contributed by atoms with Gasteiger partial charge in [-0.2, -0.15) is 0 Å². The average Bonchev–Trinajstić information content (AvgIpc) is 2.53. The Bertz CT molecular complexity index is 473. The first-order chi connectivity index (χ1) is 6.20. The normalized spacial score (nSPS) is 10.5. The van der Waals surface area contributed by atoms with Gasteiger partial charge in [0, 0.05) is 11.8 Å². The van der Waals surface area contributed by atoms with Gasteiger partial charge >= 0.3 is 5.97 Å². The molecule has 4 nitrogen and oxygen atoms in total. The van der Waals surface area contributed by atoms with Crippen molar-refractivity contribution in [2.75, 3.05) is 0 Å². The number of aromatic carboxylic acids is 1. The minimum atomic E-state index is -1.04. The van der Waals surface area contributed by atoms with E-state index in [0.29, 0.717) is 11.0 Å². The Kier molecular flexibility index (Phi) is 1.55. The van der Waals surface area contributed by atoms with Crippen molar-refractivity contribution in [3.05, 3.63) is 29.8 Å². The second kappa shape index (κ2) is 2.58. The minimum absolute atomic E-state index is 0.0364. The summed E-state index contributed by atoms with van der Waals surface area (Å²) in [5, 5.41) is 9.34. The number of hydrogen-bond donors (Lipinski definition) is 1. The summed E-state index contributed by atoms with van der Waals surface area (Å²) in [6.07, 6.45) is 2.96. The number of carboxylic acid groups (broad SMARTS) is 1. The second-order valence-electron chi connectivity index (χ2n) is 2.76. The van der Waals surface area contributed by atoms with Gasteiger partial charge in [0.2, 0.25) is 0 Å². The largest absolute Gasteiger partial charge is 0.476 e. The van der Waals surface area contributed by atoms with Crippen LogP contribution in [0.2, 0.25) is 0 Å². The summed E-state index contributed by atoms with van der Waals surface area (Å²) in [4.78, 5) is 14.5. The summed E-state index contributed by atoms with van der Waals surface area (Å²) in [7, 11) is 0. The van der Waals surface area contributed by atoms with Gasteiger partial charge in [-0.15, -0.1) is 0 Å². The first-order valence-electron chi connectivity index (χ1n) is 3.76. The Morgan fingerprint density at radius 3 is 3.08 bits per heavy atom. The van der Waals surface area contributed by atoms with Crippen LogP contribution < -0.4 is 0 Å². The molecule has 0 spiro atoms. The van der Waals surface area contributed by atoms with Gasteiger partial charge in [-0.3, -0.25) is 0 Å². The summed E-state index contributed by atoms with van der Waals surface area (Å²) >= 11 is 0. The van der Waals surface area contributed by atoms with E-state index in [2.05, 4.69) is 4.98 Å². The van der Waals surface area contributed by atoms with E-state index >= 15 is 0 Å². The topological polar surface area (TPSA) is 63.3 Å². The predicted octanol–water partition coefficient (Wildman–Crippen LogP) is 1.83. The fourth-order valence-corrected chi connectivity index (χ4v) is 1.26. The van der Waals surface area contributed by atoms with E-state index in [4.69, 9.17) is 9.52 Å². The molecule has 2 heterocycles. The molecule has 0 atom stereocenters. The fraction of sp³-hybridized carbons (Fsp3) is 0.111. The van der Waals surface area contributed by atoms with E-state index in [1.165, 1.54) is 12.5 Å². The maximum absolute atomic E-state index is 10.7. The third kappa shape index (κ3) is 1.07. The van der Waals surface area contributed by atoms with Gasteiger partial charge in [-0.1, -0.05) is 0 Å². The molecule has 0 fully saturated rings. The highest BCUT2D eigenvalue weighted by Crippen LogP contribution is 2.21. The molecule has 0 amide bonds. The molecule has 0 aliphatic rings. The van der Waals surface area contributed by atoms with Crippen molar-refractivity contribution in [3.63, 3.8) is 0 Å². The molecule has 0 saturated heterocycles. The van der Waals surface area contributed by atoms with Gasteiger partial charge in [0.25, 0.3) is 0 Å². The molecule has 0 unspecified atom stereocenters. The molecule has 0 radical (unpaired) electrons. The zero-order chi connectivity index (χ0) is 9.42. The molecule has 0 saturated carbocycles. The molecule has 13 heavy (non-hydrogen) atoms. The van der Waals surface area contributed by atoms with E-state index in [1.807, 2.05) is 6.92 Å². The number of carbonyl (C=O) groups is 1. The Balaban J connectivity index is 2.86. The molecular weight excluding hydrogens is 170 g/mol. The highest BCUT2D eigenvalue weighted by atomic mass is 16.4. The first-order valence-corrected chi connectivity index (χ1v) is 3.76. The molecule has 0 aliphatic heterocycles. The number of pyridine rings is 1. The molecule has 2 aromatic rings. The third-order valence-corrected chi connectivity index (χ3v) is 1.87. The number of nitrogens with zero attached hydrogens (tertiary/aromatic N) is 1. The zero-order valence-electron chi connectivity index (χ0n) is 6.94. The van der Waals surface area contributed by atoms with Crippen LogP contribution in [0.25, 0.3) is 11.0 Å². The van der Waals surface area contributed by atoms with Crippen LogP contribution in [-0.2, 0) is 0 Å². The Morgan fingerprint density at radius 1 is 1.62 bits per heavy atom. The van der Waals surface area contributed by atoms with Crippen LogP contribution in [-0.4, -0.2) is 16.1 Å². The van der Waals surface area contributed by atoms with E-state index in [1.54, 1.807) is 6.07 Å². The maximum atomic E-state index is 10.7. The third-order valence-electron chi connectivity index (χ3n) is 1.87. The van der Waals surface area contributed by atoms with E-state index in [-0.39, 0.29) is 5.69 Å². The van der Waals surface area contributed by atoms with Crippen LogP contribution in [0.4, 0.5) is 0 Å². The zero-order valence-corrected chi connectivity index (χ0v) is 6.94. The van der Waals surface area contributed by atoms with Crippen LogP contribution >= 0.6 is 0 Å². The number of aromatic nitrogens is 1. The molecule has 1 N–H and O–H groups in total. The van der Waals surface area contributed by atoms with E-state index in [0.717, 1.165) is 5.56 Å². The van der Waals surface area contributed by atoms with Gasteiger partial charge < -0.3 is 9.52 Å². The summed E-state index contributed by atoms with van der Waals surface area (Å²) in [6, 6.07) is 1.61. The fourth-order valence-electron chi connectivity index (χ4n) is 1.26. The molecule has 4 heteroatoms. The smallest absolute Gasteiger partial charge is 0.355 e. The summed E-state index contributed by atoms with van der Waals surface area (Å²) in [6.45, 7) is 1.82. The summed E-state index contributed by atoms with van der Waals surface area (Å²) < 4.78 is 5.14. The maximum Gasteiger partial charge on any atom is 0.355 e. The van der Waals surface area contributed by atoms with Crippen LogP contribution in [0, 0.1) is 6.92 Å². The monoisotopic (exact) mass is 177 g/mol. The number of rotatable bonds is 1. The SMILES string of the molecule is Cc1cnc(C(=O)O)c2ccoc12. The lowest BCUT2D eigenvalue weighted by Crippen LogP contribution is -2.00. The van der Waals surface area contributed by atoms with Crippen LogP contribution in [0.15, 0.2) is 22.9 Å². The van der Waals surface area contributed by atoms with E-state index in [9.17, 15) is 4.79 Å². The van der Waals surface area contributed by atoms with Gasteiger partial charge in [0.15, 0.2) is 5.69 Å². The molecule has 66 valence electrons. The number of aryl methyl sites for hydroxylation is 1. The Hall–Kier alpha value is -1.84. The highest BCUT2D eigenvalue weighted by molar-refractivity contribution is 6.00. The Labute approximate surface area is 73.8 Å². The van der Waals surface area contributed by atoms with Crippen molar-refractivity contribution in [2.24, 2.45) is 0 Å². The number of fused-ring (bicyclic) bond motifs is 1. The summed E-state index contributed by atoms with van der Waals surface area (Å²) in [5.41, 5.74) is 1.46. The van der Waals surface area contributed by atoms with Crippen molar-refractivity contribution < 1.29 is 14.3 Å². The lowest BCUT2D eigenvalue weighted by atomic mass is 10.2. The molecule has 2 aromatic heterocycles. The Morgan fingerprint density at radius 2 is 2.38 bits per heavy atom. The van der Waals surface area contributed by atoms with Gasteiger partial charge in [0.05, 0.1) is 11.6 Å². The number of hydrogen-bond acceptors (Lipinski definition) is 3. The van der Waals surface area contributed by atoms with Gasteiger partial charge in [-0.05, 0) is 13.0 Å². The lowest BCUT2D eigenvalue weighted by molar-refractivity contribution is 0.0693. The highest BCUT2D eigenvalue weighted by Gasteiger charge is 2.12. The van der Waals surface area contributed by atoms with Gasteiger partial charge in [-0.25, -0.2) is 9.78 Å². The summed E-state index contributed by atoms with van der Waals surface area (Å²) in [5.74, 6) is -1.04. The van der Waals surface area contributed by atoms with Crippen molar-refractivity contribution in [2.45, 2.75) is 6.92 Å². The predicted molar refractivity (Wildman–Crippen MR) is 45.7 cm³/mol. The molecule has 0 aromatic carbocycles. The lowest BCUT2D eigenvalue weighted by Gasteiger charge is -1.97. The molecule has 0 bridgehead atoms. The van der Waals surface area contributed by atoms with Crippen LogP contribution in [0.1, 0.15) is 16.1 Å². The molecular formula is C9H7NO3. The number of furan rings is 1. The first kappa shape index (κ1) is 7.79. The van der Waals surface area contributed by atoms with Crippen molar-refractivity contribution >= 4 is 16.9 Å². The van der Waals surface area contributed by atoms with Crippen LogP contribution in [0.3, 0.4) is 0 Å². The number of carboxylic acids is 1. The van der Waals surface area contributed by atoms with Crippen molar-refractivity contribution in [1.82, 2.24) is 4.98 Å². The molecule has 0 aliphatic carbocycles. The average molecular weight is 177 g/mol. The molecule has 2 rings (SSSR count). The van der Waals surface area contributed by atoms with Crippen LogP contribution in [0.5, 0.6) is 0 Å². The van der Waals surface area contributed by atoms with Crippen molar-refractivity contribution in [1.29, 1.82) is 0 Å². The second-order valence-corrected chi connectivity index (χ2v) is 2.76. The van der Waals surface area contributed by atoms with E-state index < -0.39 is 5.97 Å². The quantitative estimate of drug-likeness (QED) is 0.721. The van der Waals surface area contributed by atoms with Gasteiger partial charge in [0.1, 0.15) is 5.58 Å². The minimum Gasteiger partial charge on any atom is -0.476 e. The van der Waals surface area contributed by atoms with Crippen molar-refractivity contribution in [3.8, 4) is 0 Å². The standard InChI is InChI=1S/C9H7NO3/c1-5-4-10-7(9(11)12)6-2-3-13-8(5)6/h2-4H,1H3,(H,11,12).